The summed E-state index contributed by atoms with van der Waals surface area (Å²) < 4.78 is 0. The zero-order valence-electron chi connectivity index (χ0n) is 15.8. The summed E-state index contributed by atoms with van der Waals surface area (Å²) in [6.07, 6.45) is 5.50. The van der Waals surface area contributed by atoms with Gasteiger partial charge in [-0.1, -0.05) is 18.9 Å². The van der Waals surface area contributed by atoms with Gasteiger partial charge in [-0.15, -0.1) is 0 Å². The molecule has 3 amide bonds. The van der Waals surface area contributed by atoms with Crippen LogP contribution in [-0.2, 0) is 9.59 Å². The number of anilines is 1. The van der Waals surface area contributed by atoms with Gasteiger partial charge in [-0.2, -0.15) is 0 Å². The summed E-state index contributed by atoms with van der Waals surface area (Å²) in [5.41, 5.74) is 1.28. The minimum absolute atomic E-state index is 0.0209. The third kappa shape index (κ3) is 3.57. The van der Waals surface area contributed by atoms with Gasteiger partial charge in [0, 0.05) is 55.7 Å². The van der Waals surface area contributed by atoms with Crippen molar-refractivity contribution in [3.8, 4) is 0 Å². The Morgan fingerprint density at radius 1 is 1.15 bits per heavy atom. The first-order valence-corrected chi connectivity index (χ1v) is 9.99. The zero-order chi connectivity index (χ0) is 19.0. The van der Waals surface area contributed by atoms with Gasteiger partial charge in [0.05, 0.1) is 0 Å². The van der Waals surface area contributed by atoms with E-state index in [0.29, 0.717) is 30.8 Å². The van der Waals surface area contributed by atoms with Gasteiger partial charge in [-0.05, 0) is 37.5 Å². The highest BCUT2D eigenvalue weighted by molar-refractivity contribution is 5.98. The Morgan fingerprint density at radius 2 is 1.93 bits per heavy atom. The molecule has 0 spiro atoms. The number of nitrogens with one attached hydrogen (secondary N) is 1. The number of hydrogen-bond donors (Lipinski definition) is 1. The van der Waals surface area contributed by atoms with Crippen LogP contribution in [0.5, 0.6) is 0 Å². The van der Waals surface area contributed by atoms with E-state index in [1.54, 1.807) is 12.1 Å². The predicted molar refractivity (Wildman–Crippen MR) is 102 cm³/mol. The first-order valence-electron chi connectivity index (χ1n) is 9.99. The summed E-state index contributed by atoms with van der Waals surface area (Å²) in [4.78, 5) is 40.9. The van der Waals surface area contributed by atoms with Crippen molar-refractivity contribution in [3.05, 3.63) is 29.8 Å². The fourth-order valence-electron chi connectivity index (χ4n) is 4.81. The van der Waals surface area contributed by atoms with E-state index in [1.165, 1.54) is 0 Å². The maximum Gasteiger partial charge on any atom is 0.253 e. The summed E-state index contributed by atoms with van der Waals surface area (Å²) in [5, 5.41) is 2.97. The highest BCUT2D eigenvalue weighted by Gasteiger charge is 2.42. The van der Waals surface area contributed by atoms with E-state index in [9.17, 15) is 14.4 Å². The topological polar surface area (TPSA) is 69.7 Å². The highest BCUT2D eigenvalue weighted by Crippen LogP contribution is 2.32. The molecule has 0 unspecified atom stereocenters. The fourth-order valence-corrected chi connectivity index (χ4v) is 4.81. The average molecular weight is 369 g/mol. The van der Waals surface area contributed by atoms with Crippen molar-refractivity contribution in [3.63, 3.8) is 0 Å². The summed E-state index contributed by atoms with van der Waals surface area (Å²) in [6, 6.07) is 7.48. The van der Waals surface area contributed by atoms with Crippen LogP contribution < -0.4 is 5.32 Å². The molecule has 3 fully saturated rings. The van der Waals surface area contributed by atoms with Crippen molar-refractivity contribution in [1.82, 2.24) is 9.80 Å². The van der Waals surface area contributed by atoms with Crippen molar-refractivity contribution in [2.45, 2.75) is 44.6 Å². The van der Waals surface area contributed by atoms with Crippen LogP contribution in [0.2, 0.25) is 0 Å². The fraction of sp³-hybridized carbons (Fsp3) is 0.571. The maximum absolute atomic E-state index is 13.0. The van der Waals surface area contributed by atoms with E-state index in [4.69, 9.17) is 0 Å². The van der Waals surface area contributed by atoms with Crippen LogP contribution in [0, 0.1) is 11.8 Å². The van der Waals surface area contributed by atoms with E-state index >= 15 is 0 Å². The minimum Gasteiger partial charge on any atom is -0.342 e. The lowest BCUT2D eigenvalue weighted by atomic mass is 9.92. The lowest BCUT2D eigenvalue weighted by molar-refractivity contribution is -0.127. The van der Waals surface area contributed by atoms with E-state index in [0.717, 1.165) is 32.1 Å². The molecule has 1 aromatic rings. The predicted octanol–water partition coefficient (Wildman–Crippen LogP) is 2.51. The van der Waals surface area contributed by atoms with Gasteiger partial charge < -0.3 is 15.1 Å². The largest absolute Gasteiger partial charge is 0.342 e. The molecule has 2 saturated heterocycles. The SMILES string of the molecule is CN1C(=O)C[C@@H]2CN(C(=O)c3cccc(NC(=O)C4CCCC4)c3)CC[C@@H]21. The van der Waals surface area contributed by atoms with Gasteiger partial charge in [0.2, 0.25) is 11.8 Å². The van der Waals surface area contributed by atoms with E-state index in [1.807, 2.05) is 29.0 Å². The van der Waals surface area contributed by atoms with Crippen LogP contribution in [0.3, 0.4) is 0 Å². The van der Waals surface area contributed by atoms with Crippen molar-refractivity contribution < 1.29 is 14.4 Å². The quantitative estimate of drug-likeness (QED) is 0.890. The molecule has 1 saturated carbocycles. The molecule has 0 bridgehead atoms. The normalized spacial score (nSPS) is 25.6. The number of benzene rings is 1. The van der Waals surface area contributed by atoms with Gasteiger partial charge in [-0.25, -0.2) is 0 Å². The molecule has 0 aromatic heterocycles. The minimum atomic E-state index is -0.0209. The van der Waals surface area contributed by atoms with Crippen molar-refractivity contribution in [2.24, 2.45) is 11.8 Å². The van der Waals surface area contributed by atoms with Crippen LogP contribution in [-0.4, -0.2) is 53.7 Å². The molecular weight excluding hydrogens is 342 g/mol. The Morgan fingerprint density at radius 3 is 2.70 bits per heavy atom. The molecule has 6 heteroatoms. The molecule has 0 radical (unpaired) electrons. The lowest BCUT2D eigenvalue weighted by Crippen LogP contribution is -2.47. The Labute approximate surface area is 159 Å². The number of fused-ring (bicyclic) bond motifs is 1. The Balaban J connectivity index is 1.42. The standard InChI is InChI=1S/C21H27N3O3/c1-23-18-9-10-24(13-16(18)12-19(23)25)21(27)15-7-4-8-17(11-15)22-20(26)14-5-2-3-6-14/h4,7-8,11,14,16,18H,2-3,5-6,9-10,12-13H2,1H3,(H,22,26)/t16-,18+/m1/s1. The number of likely N-dealkylation sites (tertiary alicyclic amines) is 2. The molecule has 3 aliphatic rings. The Kier molecular flexibility index (Phi) is 4.89. The molecule has 27 heavy (non-hydrogen) atoms. The molecule has 6 nitrogen and oxygen atoms in total. The molecule has 2 heterocycles. The Bertz CT molecular complexity index is 757. The third-order valence-corrected chi connectivity index (χ3v) is 6.41. The lowest BCUT2D eigenvalue weighted by Gasteiger charge is -2.36. The number of carbonyl (C=O) groups excluding carboxylic acids is 3. The molecule has 4 rings (SSSR count). The number of nitrogens with zero attached hydrogens (tertiary/aromatic N) is 2. The zero-order valence-corrected chi connectivity index (χ0v) is 15.8. The van der Waals surface area contributed by atoms with Gasteiger partial charge in [0.25, 0.3) is 5.91 Å². The van der Waals surface area contributed by atoms with E-state index in [2.05, 4.69) is 5.32 Å². The second-order valence-electron chi connectivity index (χ2n) is 8.13. The average Bonchev–Trinajstić information content (AvgIpc) is 3.30. The molecule has 1 aromatic carbocycles. The first kappa shape index (κ1) is 18.0. The first-order chi connectivity index (χ1) is 13.0. The number of hydrogen-bond acceptors (Lipinski definition) is 3. The van der Waals surface area contributed by atoms with E-state index in [-0.39, 0.29) is 35.6 Å². The highest BCUT2D eigenvalue weighted by atomic mass is 16.2. The van der Waals surface area contributed by atoms with Crippen molar-refractivity contribution >= 4 is 23.4 Å². The monoisotopic (exact) mass is 369 g/mol. The molecule has 1 N–H and O–H groups in total. The van der Waals surface area contributed by atoms with E-state index < -0.39 is 0 Å². The maximum atomic E-state index is 13.0. The van der Waals surface area contributed by atoms with Crippen LogP contribution in [0.25, 0.3) is 0 Å². The Hall–Kier alpha value is -2.37. The summed E-state index contributed by atoms with van der Waals surface area (Å²) in [7, 11) is 1.86. The number of carbonyl (C=O) groups is 3. The van der Waals surface area contributed by atoms with Crippen LogP contribution in [0.15, 0.2) is 24.3 Å². The number of piperidine rings is 1. The van der Waals surface area contributed by atoms with Crippen LogP contribution in [0.1, 0.15) is 48.9 Å². The van der Waals surface area contributed by atoms with Crippen LogP contribution >= 0.6 is 0 Å². The van der Waals surface area contributed by atoms with Gasteiger partial charge >= 0.3 is 0 Å². The molecule has 2 atom stereocenters. The smallest absolute Gasteiger partial charge is 0.253 e. The number of rotatable bonds is 3. The molecule has 1 aliphatic carbocycles. The summed E-state index contributed by atoms with van der Waals surface area (Å²) >= 11 is 0. The van der Waals surface area contributed by atoms with Crippen LogP contribution in [0.4, 0.5) is 5.69 Å². The third-order valence-electron chi connectivity index (χ3n) is 6.41. The summed E-state index contributed by atoms with van der Waals surface area (Å²) in [5.74, 6) is 0.541. The second-order valence-corrected chi connectivity index (χ2v) is 8.13. The summed E-state index contributed by atoms with van der Waals surface area (Å²) in [6.45, 7) is 1.29. The molecular formula is C21H27N3O3. The number of amides is 3. The second kappa shape index (κ2) is 7.33. The van der Waals surface area contributed by atoms with Crippen molar-refractivity contribution in [1.29, 1.82) is 0 Å². The molecule has 2 aliphatic heterocycles. The van der Waals surface area contributed by atoms with Gasteiger partial charge in [0.15, 0.2) is 0 Å². The van der Waals surface area contributed by atoms with Gasteiger partial charge in [-0.3, -0.25) is 14.4 Å². The molecule has 144 valence electrons. The van der Waals surface area contributed by atoms with Crippen molar-refractivity contribution in [2.75, 3.05) is 25.5 Å². The van der Waals surface area contributed by atoms with Gasteiger partial charge in [0.1, 0.15) is 0 Å².